The van der Waals surface area contributed by atoms with Gasteiger partial charge in [-0.3, -0.25) is 9.79 Å². The molecule has 0 saturated carbocycles. The van der Waals surface area contributed by atoms with Crippen LogP contribution in [0, 0.1) is 0 Å². The number of hydrogen-bond donors (Lipinski definition) is 2. The fourth-order valence-corrected chi connectivity index (χ4v) is 3.55. The molecule has 2 aromatic rings. The molecule has 0 aliphatic carbocycles. The summed E-state index contributed by atoms with van der Waals surface area (Å²) in [5.41, 5.74) is 2.29. The molecule has 1 unspecified atom stereocenters. The van der Waals surface area contributed by atoms with Crippen molar-refractivity contribution < 1.29 is 14.3 Å². The molecule has 1 aliphatic heterocycles. The first kappa shape index (κ1) is 22.5. The van der Waals surface area contributed by atoms with Crippen molar-refractivity contribution >= 4 is 11.9 Å². The van der Waals surface area contributed by atoms with Gasteiger partial charge in [0.25, 0.3) is 0 Å². The minimum Gasteiger partial charge on any atom is -0.493 e. The maximum Gasteiger partial charge on any atom is 0.222 e. The number of nitrogens with zero attached hydrogens (tertiary/aromatic N) is 2. The summed E-state index contributed by atoms with van der Waals surface area (Å²) in [5, 5.41) is 6.63. The van der Waals surface area contributed by atoms with Gasteiger partial charge in [-0.15, -0.1) is 0 Å². The lowest BCUT2D eigenvalue weighted by molar-refractivity contribution is -0.128. The van der Waals surface area contributed by atoms with Crippen LogP contribution in [0.1, 0.15) is 30.9 Å². The second-order valence-corrected chi connectivity index (χ2v) is 7.62. The average molecular weight is 425 g/mol. The number of nitrogens with one attached hydrogen (secondary N) is 2. The van der Waals surface area contributed by atoms with Gasteiger partial charge in [0.1, 0.15) is 6.10 Å². The Kier molecular flexibility index (Phi) is 8.15. The Morgan fingerprint density at radius 2 is 1.90 bits per heavy atom. The van der Waals surface area contributed by atoms with Crippen molar-refractivity contribution in [1.82, 2.24) is 15.5 Å². The first-order chi connectivity index (χ1) is 15.1. The summed E-state index contributed by atoms with van der Waals surface area (Å²) < 4.78 is 11.3. The van der Waals surface area contributed by atoms with Crippen LogP contribution < -0.4 is 20.1 Å². The molecule has 0 aromatic heterocycles. The van der Waals surface area contributed by atoms with E-state index in [-0.39, 0.29) is 12.0 Å². The molecule has 0 radical (unpaired) electrons. The van der Waals surface area contributed by atoms with Crippen LogP contribution in [0.2, 0.25) is 0 Å². The van der Waals surface area contributed by atoms with Crippen LogP contribution in [0.3, 0.4) is 0 Å². The molecule has 1 fully saturated rings. The van der Waals surface area contributed by atoms with Crippen molar-refractivity contribution in [2.24, 2.45) is 4.99 Å². The molecule has 1 aliphatic rings. The van der Waals surface area contributed by atoms with Gasteiger partial charge in [0.2, 0.25) is 5.91 Å². The third-order valence-corrected chi connectivity index (χ3v) is 5.17. The maximum absolute atomic E-state index is 11.9. The van der Waals surface area contributed by atoms with Gasteiger partial charge in [0.05, 0.1) is 13.7 Å². The van der Waals surface area contributed by atoms with Gasteiger partial charge in [-0.25, -0.2) is 0 Å². The zero-order valence-corrected chi connectivity index (χ0v) is 18.6. The Labute approximate surface area is 184 Å². The Balaban J connectivity index is 1.47. The lowest BCUT2D eigenvalue weighted by atomic mass is 10.1. The number of ether oxygens (including phenoxy) is 2. The number of carbonyl (C=O) groups is 1. The minimum atomic E-state index is -0.0730. The highest BCUT2D eigenvalue weighted by Crippen LogP contribution is 2.26. The molecule has 1 heterocycles. The van der Waals surface area contributed by atoms with Crippen molar-refractivity contribution in [3.05, 3.63) is 59.7 Å². The van der Waals surface area contributed by atoms with Crippen LogP contribution >= 0.6 is 0 Å². The number of carbonyl (C=O) groups excluding carboxylic acids is 1. The molecular formula is C24H32N4O3. The summed E-state index contributed by atoms with van der Waals surface area (Å²) in [6.45, 7) is 4.76. The van der Waals surface area contributed by atoms with Crippen molar-refractivity contribution in [2.45, 2.75) is 39.0 Å². The van der Waals surface area contributed by atoms with E-state index in [2.05, 4.69) is 33.8 Å². The van der Waals surface area contributed by atoms with E-state index in [9.17, 15) is 4.79 Å². The van der Waals surface area contributed by atoms with E-state index in [4.69, 9.17) is 9.47 Å². The molecular weight excluding hydrogens is 392 g/mol. The summed E-state index contributed by atoms with van der Waals surface area (Å²) in [6, 6.07) is 15.9. The third-order valence-electron chi connectivity index (χ3n) is 5.17. The minimum absolute atomic E-state index is 0.0730. The lowest BCUT2D eigenvalue weighted by Crippen LogP contribution is -2.41. The second-order valence-electron chi connectivity index (χ2n) is 7.62. The summed E-state index contributed by atoms with van der Waals surface area (Å²) in [4.78, 5) is 18.1. The summed E-state index contributed by atoms with van der Waals surface area (Å²) in [6.07, 6.45) is 1.56. The van der Waals surface area contributed by atoms with Gasteiger partial charge >= 0.3 is 0 Å². The molecule has 7 nitrogen and oxygen atoms in total. The smallest absolute Gasteiger partial charge is 0.222 e. The number of para-hydroxylation sites is 2. The Bertz CT molecular complexity index is 900. The van der Waals surface area contributed by atoms with Crippen molar-refractivity contribution in [2.75, 3.05) is 27.2 Å². The number of guanidine groups is 1. The van der Waals surface area contributed by atoms with E-state index >= 15 is 0 Å². The van der Waals surface area contributed by atoms with Gasteiger partial charge in [0.15, 0.2) is 17.5 Å². The van der Waals surface area contributed by atoms with Crippen LogP contribution in [0.5, 0.6) is 11.5 Å². The van der Waals surface area contributed by atoms with E-state index in [0.29, 0.717) is 37.8 Å². The summed E-state index contributed by atoms with van der Waals surface area (Å²) in [7, 11) is 3.38. The van der Waals surface area contributed by atoms with Crippen LogP contribution in [0.25, 0.3) is 0 Å². The van der Waals surface area contributed by atoms with E-state index in [1.165, 1.54) is 0 Å². The summed E-state index contributed by atoms with van der Waals surface area (Å²) >= 11 is 0. The predicted octanol–water partition coefficient (Wildman–Crippen LogP) is 2.95. The zero-order chi connectivity index (χ0) is 22.1. The molecule has 3 rings (SSSR count). The number of hydrogen-bond acceptors (Lipinski definition) is 4. The van der Waals surface area contributed by atoms with E-state index in [1.54, 1.807) is 14.2 Å². The third kappa shape index (κ3) is 6.64. The Morgan fingerprint density at radius 1 is 1.13 bits per heavy atom. The quantitative estimate of drug-likeness (QED) is 0.478. The van der Waals surface area contributed by atoms with Crippen molar-refractivity contribution in [3.8, 4) is 11.5 Å². The number of aliphatic imine (C=N–C) groups is 1. The highest BCUT2D eigenvalue weighted by atomic mass is 16.5. The Morgan fingerprint density at radius 3 is 2.61 bits per heavy atom. The van der Waals surface area contributed by atoms with E-state index in [0.717, 1.165) is 29.8 Å². The van der Waals surface area contributed by atoms with Gasteiger partial charge < -0.3 is 25.0 Å². The monoisotopic (exact) mass is 424 g/mol. The number of benzene rings is 2. The molecule has 2 aromatic carbocycles. The predicted molar refractivity (Wildman–Crippen MR) is 122 cm³/mol. The lowest BCUT2D eigenvalue weighted by Gasteiger charge is -2.19. The van der Waals surface area contributed by atoms with Crippen LogP contribution in [0.15, 0.2) is 53.5 Å². The van der Waals surface area contributed by atoms with E-state index in [1.807, 2.05) is 42.2 Å². The molecule has 7 heteroatoms. The molecule has 1 atom stereocenters. The molecule has 2 N–H and O–H groups in total. The van der Waals surface area contributed by atoms with Gasteiger partial charge in [-0.2, -0.15) is 0 Å². The fraction of sp³-hybridized carbons (Fsp3) is 0.417. The largest absolute Gasteiger partial charge is 0.493 e. The van der Waals surface area contributed by atoms with Gasteiger partial charge in [0, 0.05) is 33.1 Å². The number of rotatable bonds is 9. The second kappa shape index (κ2) is 11.2. The first-order valence-electron chi connectivity index (χ1n) is 10.7. The van der Waals surface area contributed by atoms with E-state index < -0.39 is 0 Å². The molecule has 1 amide bonds. The standard InChI is InChI=1S/C24H32N4O3/c1-18(31-22-11-5-4-10-21(22)30-3)15-26-24(25-2)27-16-19-8-6-9-20(14-19)17-28-13-7-12-23(28)29/h4-6,8-11,14,18H,7,12-13,15-17H2,1-3H3,(H2,25,26,27). The van der Waals surface area contributed by atoms with Crippen molar-refractivity contribution in [3.63, 3.8) is 0 Å². The number of amides is 1. The maximum atomic E-state index is 11.9. The Hall–Kier alpha value is -3.22. The fourth-order valence-electron chi connectivity index (χ4n) is 3.55. The topological polar surface area (TPSA) is 75.2 Å². The van der Waals surface area contributed by atoms with Gasteiger partial charge in [-0.1, -0.05) is 36.4 Å². The number of likely N-dealkylation sites (tertiary alicyclic amines) is 1. The SMILES string of the molecule is CN=C(NCc1cccc(CN2CCCC2=O)c1)NCC(C)Oc1ccccc1OC. The highest BCUT2D eigenvalue weighted by molar-refractivity contribution is 5.79. The summed E-state index contributed by atoms with van der Waals surface area (Å²) in [5.74, 6) is 2.39. The van der Waals surface area contributed by atoms with Crippen molar-refractivity contribution in [1.29, 1.82) is 0 Å². The molecule has 166 valence electrons. The highest BCUT2D eigenvalue weighted by Gasteiger charge is 2.19. The van der Waals surface area contributed by atoms with Gasteiger partial charge in [-0.05, 0) is 36.6 Å². The first-order valence-corrected chi connectivity index (χ1v) is 10.7. The molecule has 1 saturated heterocycles. The molecule has 0 spiro atoms. The van der Waals surface area contributed by atoms with Crippen LogP contribution in [-0.2, 0) is 17.9 Å². The van der Waals surface area contributed by atoms with Crippen LogP contribution in [-0.4, -0.2) is 50.1 Å². The molecule has 31 heavy (non-hydrogen) atoms. The average Bonchev–Trinajstić information content (AvgIpc) is 3.18. The van der Waals surface area contributed by atoms with Crippen LogP contribution in [0.4, 0.5) is 0 Å². The number of methoxy groups -OCH3 is 1. The normalized spacial score (nSPS) is 15.0. The zero-order valence-electron chi connectivity index (χ0n) is 18.6. The molecule has 0 bridgehead atoms.